The number of rotatable bonds is 8. The van der Waals surface area contributed by atoms with E-state index in [1.54, 1.807) is 12.3 Å². The van der Waals surface area contributed by atoms with Crippen LogP contribution >= 0.6 is 0 Å². The van der Waals surface area contributed by atoms with Crippen LogP contribution in [0.25, 0.3) is 11.1 Å². The number of benzene rings is 2. The fourth-order valence-corrected chi connectivity index (χ4v) is 4.02. The van der Waals surface area contributed by atoms with Crippen LogP contribution < -0.4 is 15.0 Å². The first-order valence-electron chi connectivity index (χ1n) is 11.7. The van der Waals surface area contributed by atoms with Crippen LogP contribution in [0.2, 0.25) is 0 Å². The summed E-state index contributed by atoms with van der Waals surface area (Å²) in [5, 5.41) is 2.89. The molecule has 1 fully saturated rings. The number of halogens is 1. The lowest BCUT2D eigenvalue weighted by atomic mass is 10.1. The van der Waals surface area contributed by atoms with Gasteiger partial charge in [-0.3, -0.25) is 9.78 Å². The van der Waals surface area contributed by atoms with Crippen LogP contribution in [0.1, 0.15) is 18.2 Å². The fraction of sp³-hybridized carbons (Fsp3) is 0.333. The third-order valence-electron chi connectivity index (χ3n) is 5.97. The summed E-state index contributed by atoms with van der Waals surface area (Å²) >= 11 is 0. The van der Waals surface area contributed by atoms with Gasteiger partial charge in [0.05, 0.1) is 13.0 Å². The third kappa shape index (κ3) is 6.32. The van der Waals surface area contributed by atoms with Gasteiger partial charge in [-0.15, -0.1) is 0 Å². The van der Waals surface area contributed by atoms with Crippen LogP contribution in [0.15, 0.2) is 60.8 Å². The van der Waals surface area contributed by atoms with E-state index in [0.29, 0.717) is 12.3 Å². The molecule has 2 aromatic carbocycles. The molecule has 0 aliphatic carbocycles. The zero-order valence-corrected chi connectivity index (χ0v) is 19.8. The fourth-order valence-electron chi connectivity index (χ4n) is 4.02. The molecule has 7 heteroatoms. The van der Waals surface area contributed by atoms with Crippen LogP contribution in [-0.4, -0.2) is 55.6 Å². The van der Waals surface area contributed by atoms with Gasteiger partial charge in [-0.25, -0.2) is 4.39 Å². The average Bonchev–Trinajstić information content (AvgIpc) is 2.84. The van der Waals surface area contributed by atoms with Crippen molar-refractivity contribution in [1.29, 1.82) is 0 Å². The predicted octanol–water partition coefficient (Wildman–Crippen LogP) is 3.90. The summed E-state index contributed by atoms with van der Waals surface area (Å²) < 4.78 is 19.7. The van der Waals surface area contributed by atoms with E-state index in [9.17, 15) is 9.18 Å². The molecule has 0 bridgehead atoms. The topological polar surface area (TPSA) is 57.7 Å². The van der Waals surface area contributed by atoms with Crippen molar-refractivity contribution in [3.8, 4) is 16.9 Å². The second-order valence-electron chi connectivity index (χ2n) is 8.56. The molecular formula is C27H31FN4O2. The summed E-state index contributed by atoms with van der Waals surface area (Å²) in [6, 6.07) is 16.7. The van der Waals surface area contributed by atoms with Crippen LogP contribution in [0.5, 0.6) is 5.75 Å². The molecule has 1 aliphatic rings. The van der Waals surface area contributed by atoms with Gasteiger partial charge in [0.2, 0.25) is 5.91 Å². The molecule has 0 atom stereocenters. The first-order valence-corrected chi connectivity index (χ1v) is 11.7. The maximum Gasteiger partial charge on any atom is 0.226 e. The Morgan fingerprint density at radius 3 is 2.44 bits per heavy atom. The number of pyridine rings is 1. The second-order valence-corrected chi connectivity index (χ2v) is 8.56. The van der Waals surface area contributed by atoms with Gasteiger partial charge in [0.15, 0.2) is 0 Å². The zero-order chi connectivity index (χ0) is 23.9. The lowest BCUT2D eigenvalue weighted by Crippen LogP contribution is -2.44. The molecule has 0 unspecified atom stereocenters. The number of nitrogens with zero attached hydrogens (tertiary/aromatic N) is 3. The number of amides is 1. The van der Waals surface area contributed by atoms with Crippen molar-refractivity contribution in [1.82, 2.24) is 15.2 Å². The summed E-state index contributed by atoms with van der Waals surface area (Å²) in [6.45, 7) is 6.50. The molecule has 2 heterocycles. The second kappa shape index (κ2) is 11.1. The number of nitrogens with one attached hydrogen (secondary N) is 1. The van der Waals surface area contributed by atoms with Crippen molar-refractivity contribution in [2.45, 2.75) is 19.9 Å². The highest BCUT2D eigenvalue weighted by Crippen LogP contribution is 2.22. The molecular weight excluding hydrogens is 431 g/mol. The standard InChI is InChI=1S/C27H31FN4O2/c1-3-34-26-8-5-21(6-9-26)22-4-7-24(29-19-22)17-27(33)30-18-20-14-23(28)16-25(15-20)32-12-10-31(2)11-13-32/h4-9,14-16,19H,3,10-13,17-18H2,1-2H3,(H,30,33). The van der Waals surface area contributed by atoms with Crippen molar-refractivity contribution in [2.75, 3.05) is 44.7 Å². The maximum atomic E-state index is 14.2. The van der Waals surface area contributed by atoms with Gasteiger partial charge in [0, 0.05) is 55.9 Å². The number of likely N-dealkylation sites (N-methyl/N-ethyl adjacent to an activating group) is 1. The minimum Gasteiger partial charge on any atom is -0.494 e. The Morgan fingerprint density at radius 1 is 1.03 bits per heavy atom. The Labute approximate surface area is 200 Å². The Morgan fingerprint density at radius 2 is 1.76 bits per heavy atom. The lowest BCUT2D eigenvalue weighted by molar-refractivity contribution is -0.120. The van der Waals surface area contributed by atoms with E-state index in [1.165, 1.54) is 6.07 Å². The molecule has 1 amide bonds. The number of anilines is 1. The van der Waals surface area contributed by atoms with Crippen LogP contribution in [0.3, 0.4) is 0 Å². The van der Waals surface area contributed by atoms with Crippen molar-refractivity contribution < 1.29 is 13.9 Å². The highest BCUT2D eigenvalue weighted by atomic mass is 19.1. The van der Waals surface area contributed by atoms with E-state index >= 15 is 0 Å². The van der Waals surface area contributed by atoms with Crippen molar-refractivity contribution in [2.24, 2.45) is 0 Å². The number of hydrogen-bond acceptors (Lipinski definition) is 5. The lowest BCUT2D eigenvalue weighted by Gasteiger charge is -2.34. The molecule has 4 rings (SSSR count). The molecule has 3 aromatic rings. The summed E-state index contributed by atoms with van der Waals surface area (Å²) in [6.07, 6.45) is 1.94. The Balaban J connectivity index is 1.31. The molecule has 0 radical (unpaired) electrons. The zero-order valence-electron chi connectivity index (χ0n) is 19.8. The van der Waals surface area contributed by atoms with E-state index in [1.807, 2.05) is 49.4 Å². The van der Waals surface area contributed by atoms with Crippen LogP contribution in [0, 0.1) is 5.82 Å². The van der Waals surface area contributed by atoms with Crippen molar-refractivity contribution >= 4 is 11.6 Å². The summed E-state index contributed by atoms with van der Waals surface area (Å²) in [4.78, 5) is 21.4. The molecule has 6 nitrogen and oxygen atoms in total. The smallest absolute Gasteiger partial charge is 0.226 e. The highest BCUT2D eigenvalue weighted by molar-refractivity contribution is 5.78. The van der Waals surface area contributed by atoms with Gasteiger partial charge in [0.25, 0.3) is 0 Å². The molecule has 1 aliphatic heterocycles. The monoisotopic (exact) mass is 462 g/mol. The van der Waals surface area contributed by atoms with E-state index in [2.05, 4.69) is 27.1 Å². The minimum atomic E-state index is -0.285. The largest absolute Gasteiger partial charge is 0.494 e. The SMILES string of the molecule is CCOc1ccc(-c2ccc(CC(=O)NCc3cc(F)cc(N4CCN(C)CC4)c3)nc2)cc1. The number of aromatic nitrogens is 1. The summed E-state index contributed by atoms with van der Waals surface area (Å²) in [7, 11) is 2.09. The molecule has 0 saturated carbocycles. The van der Waals surface area contributed by atoms with Gasteiger partial charge < -0.3 is 19.9 Å². The van der Waals surface area contributed by atoms with E-state index in [0.717, 1.165) is 54.3 Å². The van der Waals surface area contributed by atoms with Gasteiger partial charge in [-0.1, -0.05) is 18.2 Å². The molecule has 0 spiro atoms. The first-order chi connectivity index (χ1) is 16.5. The molecule has 178 valence electrons. The summed E-state index contributed by atoms with van der Waals surface area (Å²) in [5.74, 6) is 0.403. The van der Waals surface area contributed by atoms with Gasteiger partial charge in [-0.05, 0) is 61.5 Å². The average molecular weight is 463 g/mol. The van der Waals surface area contributed by atoms with Crippen LogP contribution in [0.4, 0.5) is 10.1 Å². The number of hydrogen-bond donors (Lipinski definition) is 1. The van der Waals surface area contributed by atoms with Gasteiger partial charge in [0.1, 0.15) is 11.6 Å². The van der Waals surface area contributed by atoms with Crippen molar-refractivity contribution in [3.05, 3.63) is 77.9 Å². The van der Waals surface area contributed by atoms with E-state index in [-0.39, 0.29) is 24.7 Å². The number of piperazine rings is 1. The van der Waals surface area contributed by atoms with Gasteiger partial charge >= 0.3 is 0 Å². The first kappa shape index (κ1) is 23.7. The predicted molar refractivity (Wildman–Crippen MR) is 133 cm³/mol. The number of carbonyl (C=O) groups excluding carboxylic acids is 1. The number of ether oxygens (including phenoxy) is 1. The molecule has 1 saturated heterocycles. The number of carbonyl (C=O) groups is 1. The Bertz CT molecular complexity index is 1090. The normalized spacial score (nSPS) is 14.1. The quantitative estimate of drug-likeness (QED) is 0.550. The van der Waals surface area contributed by atoms with E-state index < -0.39 is 0 Å². The molecule has 1 aromatic heterocycles. The maximum absolute atomic E-state index is 14.2. The van der Waals surface area contributed by atoms with E-state index in [4.69, 9.17) is 4.74 Å². The minimum absolute atomic E-state index is 0.147. The Hall–Kier alpha value is -3.45. The summed E-state index contributed by atoms with van der Waals surface area (Å²) in [5.41, 5.74) is 4.31. The highest BCUT2D eigenvalue weighted by Gasteiger charge is 2.16. The van der Waals surface area contributed by atoms with Gasteiger partial charge in [-0.2, -0.15) is 0 Å². The molecule has 1 N–H and O–H groups in total. The third-order valence-corrected chi connectivity index (χ3v) is 5.97. The van der Waals surface area contributed by atoms with Crippen molar-refractivity contribution in [3.63, 3.8) is 0 Å². The molecule has 34 heavy (non-hydrogen) atoms. The Kier molecular flexibility index (Phi) is 7.75. The van der Waals surface area contributed by atoms with Crippen LogP contribution in [-0.2, 0) is 17.8 Å².